The Labute approximate surface area is 323 Å². The molecule has 55 heavy (non-hydrogen) atoms. The minimum atomic E-state index is -0.0401. The number of quaternary nitrogens is 2. The van der Waals surface area contributed by atoms with Crippen LogP contribution in [0.15, 0.2) is 158 Å². The maximum Gasteiger partial charge on any atom is 0.225 e. The van der Waals surface area contributed by atoms with Crippen molar-refractivity contribution >= 4 is 44.6 Å². The first kappa shape index (κ1) is 33.6. The van der Waals surface area contributed by atoms with Gasteiger partial charge >= 0.3 is 0 Å². The fourth-order valence-electron chi connectivity index (χ4n) is 8.95. The fourth-order valence-corrected chi connectivity index (χ4v) is 8.95. The van der Waals surface area contributed by atoms with E-state index in [1.165, 1.54) is 50.1 Å². The van der Waals surface area contributed by atoms with Gasteiger partial charge in [-0.2, -0.15) is 9.18 Å². The van der Waals surface area contributed by atoms with Crippen molar-refractivity contribution in [1.82, 2.24) is 18.7 Å². The number of hydrogen-bond acceptors (Lipinski definition) is 2. The molecular formula is C50H45N4O+. The lowest BCUT2D eigenvalue weighted by Crippen LogP contribution is -2.46. The van der Waals surface area contributed by atoms with Gasteiger partial charge in [-0.3, -0.25) is 4.57 Å². The second-order valence-electron chi connectivity index (χ2n) is 17.1. The molecule has 0 N–H and O–H groups in total. The van der Waals surface area contributed by atoms with Crippen molar-refractivity contribution in [2.75, 3.05) is 0 Å². The molecule has 0 radical (unpaired) electrons. The Morgan fingerprint density at radius 1 is 0.545 bits per heavy atom. The molecule has 1 fully saturated rings. The highest BCUT2D eigenvalue weighted by Crippen LogP contribution is 2.76. The van der Waals surface area contributed by atoms with Crippen LogP contribution in [0.25, 0.3) is 38.8 Å². The lowest BCUT2D eigenvalue weighted by atomic mass is 9.80. The van der Waals surface area contributed by atoms with E-state index >= 15 is 0 Å². The van der Waals surface area contributed by atoms with Crippen molar-refractivity contribution in [3.05, 3.63) is 176 Å². The molecule has 0 amide bonds. The van der Waals surface area contributed by atoms with Gasteiger partial charge in [0.15, 0.2) is 18.0 Å². The van der Waals surface area contributed by atoms with Crippen LogP contribution in [0.1, 0.15) is 52.7 Å². The lowest BCUT2D eigenvalue weighted by molar-refractivity contribution is 0.424. The number of nitrogens with zero attached hydrogens (tertiary/aromatic N) is 4. The van der Waals surface area contributed by atoms with Crippen molar-refractivity contribution in [1.29, 1.82) is 0 Å². The lowest BCUT2D eigenvalue weighted by Gasteiger charge is -2.41. The van der Waals surface area contributed by atoms with Crippen LogP contribution < -0.4 is 13.9 Å². The number of benzene rings is 6. The van der Waals surface area contributed by atoms with E-state index < -0.39 is 0 Å². The third kappa shape index (κ3) is 4.90. The number of aromatic nitrogens is 2. The Balaban J connectivity index is 1.08. The number of fused-ring (bicyclic) bond motifs is 7. The number of hydrogen-bond donors (Lipinski definition) is 0. The van der Waals surface area contributed by atoms with Crippen LogP contribution in [0.5, 0.6) is 11.5 Å². The zero-order valence-corrected chi connectivity index (χ0v) is 32.3. The molecule has 5 nitrogen and oxygen atoms in total. The van der Waals surface area contributed by atoms with E-state index in [0.29, 0.717) is 9.18 Å². The van der Waals surface area contributed by atoms with E-state index in [1.54, 1.807) is 0 Å². The Bertz CT molecular complexity index is 2810. The summed E-state index contributed by atoms with van der Waals surface area (Å²) in [4.78, 5) is 4.88. The summed E-state index contributed by atoms with van der Waals surface area (Å²) in [6.07, 6.45) is 1.92. The van der Waals surface area contributed by atoms with Crippen LogP contribution in [0.3, 0.4) is 0 Å². The van der Waals surface area contributed by atoms with Gasteiger partial charge in [0.1, 0.15) is 17.3 Å². The van der Waals surface area contributed by atoms with Crippen molar-refractivity contribution < 1.29 is 4.74 Å². The molecule has 2 aliphatic rings. The van der Waals surface area contributed by atoms with Crippen LogP contribution in [0.2, 0.25) is 0 Å². The highest BCUT2D eigenvalue weighted by molar-refractivity contribution is 6.09. The molecule has 0 spiro atoms. The molecule has 0 bridgehead atoms. The molecule has 8 aromatic rings. The molecule has 1 saturated heterocycles. The molecule has 4 heterocycles. The third-order valence-corrected chi connectivity index (χ3v) is 11.6. The molecule has 1 unspecified atom stereocenters. The zero-order valence-electron chi connectivity index (χ0n) is 32.3. The van der Waals surface area contributed by atoms with E-state index in [-0.39, 0.29) is 10.8 Å². The second-order valence-corrected chi connectivity index (χ2v) is 17.1. The van der Waals surface area contributed by atoms with Crippen molar-refractivity contribution in [3.8, 4) is 28.4 Å². The van der Waals surface area contributed by atoms with Crippen LogP contribution in [-0.4, -0.2) is 9.55 Å². The second kappa shape index (κ2) is 11.7. The largest absolute Gasteiger partial charge is 0.457 e. The predicted molar refractivity (Wildman–Crippen MR) is 228 cm³/mol. The summed E-state index contributed by atoms with van der Waals surface area (Å²) in [5, 5.41) is 2.36. The van der Waals surface area contributed by atoms with Crippen LogP contribution >= 0.6 is 0 Å². The van der Waals surface area contributed by atoms with Gasteiger partial charge < -0.3 is 4.74 Å². The predicted octanol–water partition coefficient (Wildman–Crippen LogP) is 13.6. The molecule has 2 aliphatic heterocycles. The van der Waals surface area contributed by atoms with Crippen molar-refractivity contribution in [3.63, 3.8) is 0 Å². The maximum absolute atomic E-state index is 6.79. The number of rotatable bonds is 6. The Morgan fingerprint density at radius 2 is 1.22 bits per heavy atom. The Morgan fingerprint density at radius 3 is 2.00 bits per heavy atom. The minimum absolute atomic E-state index is 0.00247. The average molecular weight is 718 g/mol. The maximum atomic E-state index is 6.79. The normalized spacial score (nSPS) is 18.8. The summed E-state index contributed by atoms with van der Waals surface area (Å²) in [5.41, 5.74) is 12.3. The number of para-hydroxylation sites is 3. The number of ether oxygens (including phenoxy) is 1. The summed E-state index contributed by atoms with van der Waals surface area (Å²) in [5.74, 6) is 2.49. The molecule has 0 saturated carbocycles. The highest BCUT2D eigenvalue weighted by atomic mass is 16.5. The smallest absolute Gasteiger partial charge is 0.225 e. The topological polar surface area (TPSA) is 27.1 Å². The SMILES string of the molecule is CC(C)(C)c1ccnc(-n2c3ccccc3c3ccc(Oc4cccc([N+]56[CH-][N@+]5(c5cccc(C(C)(C)C)c5-c5ccccc5)c5ccccc56)c4)cc32)c1. The zero-order chi connectivity index (χ0) is 37.7. The van der Waals surface area contributed by atoms with Crippen molar-refractivity contribution in [2.45, 2.75) is 52.4 Å². The molecule has 2 atom stereocenters. The molecule has 6 aromatic carbocycles. The average Bonchev–Trinajstić information content (AvgIpc) is 3.67. The van der Waals surface area contributed by atoms with Gasteiger partial charge in [0, 0.05) is 58.9 Å². The highest BCUT2D eigenvalue weighted by Gasteiger charge is 2.78. The monoisotopic (exact) mass is 717 g/mol. The van der Waals surface area contributed by atoms with Crippen molar-refractivity contribution in [2.24, 2.45) is 0 Å². The fraction of sp³-hybridized carbons (Fsp3) is 0.160. The Hall–Kier alpha value is -6.01. The van der Waals surface area contributed by atoms with E-state index in [4.69, 9.17) is 9.72 Å². The van der Waals surface area contributed by atoms with Crippen LogP contribution in [-0.2, 0) is 10.8 Å². The molecule has 2 aromatic heterocycles. The summed E-state index contributed by atoms with van der Waals surface area (Å²) < 4.78 is 10.3. The molecule has 270 valence electrons. The van der Waals surface area contributed by atoms with Gasteiger partial charge in [0.05, 0.1) is 11.0 Å². The minimum Gasteiger partial charge on any atom is -0.457 e. The van der Waals surface area contributed by atoms with Crippen LogP contribution in [0.4, 0.5) is 22.7 Å². The summed E-state index contributed by atoms with van der Waals surface area (Å²) in [6, 6.07) is 54.6. The van der Waals surface area contributed by atoms with Gasteiger partial charge in [0.2, 0.25) is 11.4 Å². The standard InChI is InChI=1S/C50H45N4O/c1-49(2,3)35-28-29-51-47(30-35)52-42-22-11-10-20-39(42)40-27-26-38(32-43(40)52)55-37-19-14-18-36(31-37)53-33-54(53,45-24-13-12-23-44(45)53)46-25-15-21-41(50(4,5)6)48(46)34-16-8-7-9-17-34/h7-33H,1-6H3/q+1/t53?,54-/m1/s1. The van der Waals surface area contributed by atoms with E-state index in [2.05, 4.69) is 204 Å². The molecule has 0 aliphatic carbocycles. The molecular weight excluding hydrogens is 673 g/mol. The van der Waals surface area contributed by atoms with Gasteiger partial charge in [-0.05, 0) is 63.9 Å². The summed E-state index contributed by atoms with van der Waals surface area (Å²) in [7, 11) is 0. The van der Waals surface area contributed by atoms with Gasteiger partial charge in [-0.25, -0.2) is 4.98 Å². The van der Waals surface area contributed by atoms with Crippen LogP contribution in [0, 0.1) is 6.67 Å². The van der Waals surface area contributed by atoms with E-state index in [1.807, 2.05) is 6.20 Å². The third-order valence-electron chi connectivity index (χ3n) is 11.6. The molecule has 10 rings (SSSR count). The Kier molecular flexibility index (Phi) is 7.16. The quantitative estimate of drug-likeness (QED) is 0.0973. The van der Waals surface area contributed by atoms with E-state index in [9.17, 15) is 0 Å². The van der Waals surface area contributed by atoms with Gasteiger partial charge in [-0.15, -0.1) is 0 Å². The van der Waals surface area contributed by atoms with Gasteiger partial charge in [-0.1, -0.05) is 120 Å². The first-order valence-electron chi connectivity index (χ1n) is 19.2. The summed E-state index contributed by atoms with van der Waals surface area (Å²) in [6.45, 7) is 16.1. The molecule has 5 heteroatoms. The van der Waals surface area contributed by atoms with E-state index in [0.717, 1.165) is 34.0 Å². The summed E-state index contributed by atoms with van der Waals surface area (Å²) >= 11 is 0. The van der Waals surface area contributed by atoms with Gasteiger partial charge in [0.25, 0.3) is 0 Å². The first-order valence-corrected chi connectivity index (χ1v) is 19.2. The first-order chi connectivity index (χ1) is 26.5. The number of pyridine rings is 1.